The van der Waals surface area contributed by atoms with Gasteiger partial charge in [-0.25, -0.2) is 4.68 Å². The number of nitrogens with zero attached hydrogens (tertiary/aromatic N) is 3. The van der Waals surface area contributed by atoms with Gasteiger partial charge in [-0.1, -0.05) is 6.07 Å². The van der Waals surface area contributed by atoms with Gasteiger partial charge in [-0.15, -0.1) is 0 Å². The van der Waals surface area contributed by atoms with E-state index in [4.69, 9.17) is 13.9 Å². The van der Waals surface area contributed by atoms with Gasteiger partial charge >= 0.3 is 0 Å². The van der Waals surface area contributed by atoms with E-state index in [0.717, 1.165) is 11.1 Å². The maximum atomic E-state index is 13.0. The molecule has 4 aromatic rings. The van der Waals surface area contributed by atoms with Crippen molar-refractivity contribution in [2.24, 2.45) is 0 Å². The predicted octanol–water partition coefficient (Wildman–Crippen LogP) is 2.49. The minimum Gasteiger partial charge on any atom is -0.497 e. The van der Waals surface area contributed by atoms with E-state index in [9.17, 15) is 9.59 Å². The van der Waals surface area contributed by atoms with E-state index in [0.29, 0.717) is 41.4 Å². The number of fused-ring (bicyclic) bond motifs is 3. The number of rotatable bonds is 7. The number of methoxy groups -OCH3 is 2. The summed E-state index contributed by atoms with van der Waals surface area (Å²) >= 11 is 0. The minimum absolute atomic E-state index is 0.291. The number of hydrogen-bond donors (Lipinski definition) is 1. The van der Waals surface area contributed by atoms with Gasteiger partial charge in [0.05, 0.1) is 26.0 Å². The van der Waals surface area contributed by atoms with Gasteiger partial charge in [0, 0.05) is 24.7 Å². The molecule has 1 aromatic carbocycles. The zero-order valence-corrected chi connectivity index (χ0v) is 17.8. The summed E-state index contributed by atoms with van der Waals surface area (Å²) in [5, 5.41) is 7.24. The molecule has 0 bridgehead atoms. The molecule has 0 spiro atoms. The predicted molar refractivity (Wildman–Crippen MR) is 115 cm³/mol. The first-order valence-electron chi connectivity index (χ1n) is 9.91. The Balaban J connectivity index is 1.50. The third kappa shape index (κ3) is 3.63. The molecule has 31 heavy (non-hydrogen) atoms. The monoisotopic (exact) mass is 424 g/mol. The van der Waals surface area contributed by atoms with Crippen molar-refractivity contribution in [3.05, 3.63) is 58.3 Å². The third-order valence-corrected chi connectivity index (χ3v) is 5.36. The molecular weight excluding hydrogens is 400 g/mol. The van der Waals surface area contributed by atoms with Crippen LogP contribution in [0.25, 0.3) is 16.6 Å². The summed E-state index contributed by atoms with van der Waals surface area (Å²) in [6.07, 6.45) is 2.14. The highest BCUT2D eigenvalue weighted by Crippen LogP contribution is 2.25. The van der Waals surface area contributed by atoms with Crippen LogP contribution >= 0.6 is 0 Å². The van der Waals surface area contributed by atoms with Gasteiger partial charge in [-0.2, -0.15) is 5.10 Å². The van der Waals surface area contributed by atoms with E-state index in [1.807, 2.05) is 12.1 Å². The van der Waals surface area contributed by atoms with Gasteiger partial charge in [0.15, 0.2) is 5.58 Å². The highest BCUT2D eigenvalue weighted by atomic mass is 16.5. The molecule has 9 nitrogen and oxygen atoms in total. The lowest BCUT2D eigenvalue weighted by Crippen LogP contribution is -2.38. The lowest BCUT2D eigenvalue weighted by molar-refractivity contribution is -0.124. The molecule has 0 aliphatic heterocycles. The average molecular weight is 424 g/mol. The molecule has 1 amide bonds. The number of carbonyl (C=O) groups excluding carboxylic acids is 1. The number of aryl methyl sites for hydroxylation is 1. The summed E-state index contributed by atoms with van der Waals surface area (Å²) in [4.78, 5) is 25.7. The Labute approximate surface area is 178 Å². The van der Waals surface area contributed by atoms with Gasteiger partial charge < -0.3 is 19.2 Å². The van der Waals surface area contributed by atoms with E-state index >= 15 is 0 Å². The van der Waals surface area contributed by atoms with E-state index < -0.39 is 6.04 Å². The van der Waals surface area contributed by atoms with Crippen molar-refractivity contribution in [3.63, 3.8) is 0 Å². The molecule has 1 atom stereocenters. The van der Waals surface area contributed by atoms with Crippen LogP contribution in [-0.4, -0.2) is 40.9 Å². The van der Waals surface area contributed by atoms with E-state index in [-0.39, 0.29) is 11.5 Å². The van der Waals surface area contributed by atoms with Crippen LogP contribution in [0.3, 0.4) is 0 Å². The van der Waals surface area contributed by atoms with Crippen molar-refractivity contribution in [2.75, 3.05) is 20.8 Å². The molecule has 0 radical (unpaired) electrons. The van der Waals surface area contributed by atoms with Crippen LogP contribution in [0, 0.1) is 6.92 Å². The third-order valence-electron chi connectivity index (χ3n) is 5.36. The summed E-state index contributed by atoms with van der Waals surface area (Å²) in [6, 6.07) is 8.23. The van der Waals surface area contributed by atoms with Crippen LogP contribution in [0.4, 0.5) is 0 Å². The van der Waals surface area contributed by atoms with Crippen molar-refractivity contribution in [1.82, 2.24) is 19.5 Å². The maximum Gasteiger partial charge on any atom is 0.291 e. The first kappa shape index (κ1) is 20.5. The summed E-state index contributed by atoms with van der Waals surface area (Å²) in [5.41, 5.74) is 2.39. The van der Waals surface area contributed by atoms with Crippen LogP contribution < -0.4 is 20.3 Å². The van der Waals surface area contributed by atoms with Gasteiger partial charge in [0.2, 0.25) is 5.91 Å². The number of carbonyl (C=O) groups is 1. The quantitative estimate of drug-likeness (QED) is 0.489. The lowest BCUT2D eigenvalue weighted by atomic mass is 10.1. The van der Waals surface area contributed by atoms with Crippen molar-refractivity contribution in [1.29, 1.82) is 0 Å². The first-order chi connectivity index (χ1) is 14.9. The van der Waals surface area contributed by atoms with E-state index in [1.165, 1.54) is 4.68 Å². The van der Waals surface area contributed by atoms with Crippen LogP contribution in [0.2, 0.25) is 0 Å². The number of amides is 1. The minimum atomic E-state index is -0.768. The molecule has 0 saturated heterocycles. The van der Waals surface area contributed by atoms with Gasteiger partial charge in [0.1, 0.15) is 28.9 Å². The fraction of sp³-hybridized carbons (Fsp3) is 0.318. The normalized spacial score (nSPS) is 12.3. The zero-order valence-electron chi connectivity index (χ0n) is 17.8. The summed E-state index contributed by atoms with van der Waals surface area (Å²) in [5.74, 6) is 1.69. The fourth-order valence-corrected chi connectivity index (χ4v) is 3.69. The Morgan fingerprint density at radius 3 is 2.74 bits per heavy atom. The Morgan fingerprint density at radius 1 is 1.19 bits per heavy atom. The van der Waals surface area contributed by atoms with E-state index in [2.05, 4.69) is 10.4 Å². The molecule has 3 aromatic heterocycles. The molecule has 3 heterocycles. The van der Waals surface area contributed by atoms with Gasteiger partial charge in [0.25, 0.3) is 5.56 Å². The SMILES string of the molecule is COc1ccc(CCNC(=O)C(C)n2nc(C)n3c(cc4occc43)c2=O)c(OC)c1. The second kappa shape index (κ2) is 8.17. The molecule has 162 valence electrons. The van der Waals surface area contributed by atoms with Crippen LogP contribution in [0.1, 0.15) is 24.4 Å². The summed E-state index contributed by atoms with van der Waals surface area (Å²) in [6.45, 7) is 3.83. The van der Waals surface area contributed by atoms with Crippen molar-refractivity contribution < 1.29 is 18.7 Å². The highest BCUT2D eigenvalue weighted by Gasteiger charge is 2.21. The standard InChI is InChI=1S/C22H24N4O5/c1-13(21(27)23-9-7-15-5-6-16(29-3)11-19(15)30-4)26-22(28)18-12-20-17(8-10-31-20)25(18)14(2)24-26/h5-6,8,10-13H,7,9H2,1-4H3,(H,23,27). The molecule has 9 heteroatoms. The maximum absolute atomic E-state index is 13.0. The molecule has 0 saturated carbocycles. The highest BCUT2D eigenvalue weighted by molar-refractivity contribution is 5.83. The zero-order chi connectivity index (χ0) is 22.1. The van der Waals surface area contributed by atoms with Crippen LogP contribution in [0.5, 0.6) is 11.5 Å². The Hall–Kier alpha value is -3.75. The molecular formula is C22H24N4O5. The van der Waals surface area contributed by atoms with Gasteiger partial charge in [-0.3, -0.25) is 14.0 Å². The average Bonchev–Trinajstić information content (AvgIpc) is 3.37. The van der Waals surface area contributed by atoms with Crippen molar-refractivity contribution in [3.8, 4) is 11.5 Å². The first-order valence-corrected chi connectivity index (χ1v) is 9.91. The smallest absolute Gasteiger partial charge is 0.291 e. The van der Waals surface area contributed by atoms with Crippen LogP contribution in [-0.2, 0) is 11.2 Å². The summed E-state index contributed by atoms with van der Waals surface area (Å²) < 4.78 is 18.9. The summed E-state index contributed by atoms with van der Waals surface area (Å²) in [7, 11) is 3.18. The fourth-order valence-electron chi connectivity index (χ4n) is 3.69. The Kier molecular flexibility index (Phi) is 5.41. The molecule has 1 unspecified atom stereocenters. The second-order valence-corrected chi connectivity index (χ2v) is 7.23. The number of furan rings is 1. The molecule has 0 aliphatic carbocycles. The van der Waals surface area contributed by atoms with Crippen molar-refractivity contribution >= 4 is 22.5 Å². The molecule has 1 N–H and O–H groups in total. The second-order valence-electron chi connectivity index (χ2n) is 7.23. The number of aromatic nitrogens is 3. The van der Waals surface area contributed by atoms with Gasteiger partial charge in [-0.05, 0) is 31.9 Å². The molecule has 0 aliphatic rings. The van der Waals surface area contributed by atoms with Crippen molar-refractivity contribution in [2.45, 2.75) is 26.3 Å². The Morgan fingerprint density at radius 2 is 2.00 bits per heavy atom. The van der Waals surface area contributed by atoms with Crippen LogP contribution in [0.15, 0.2) is 45.8 Å². The number of ether oxygens (including phenoxy) is 2. The molecule has 4 rings (SSSR count). The topological polar surface area (TPSA) is 100 Å². The van der Waals surface area contributed by atoms with E-state index in [1.54, 1.807) is 56.9 Å². The number of nitrogens with one attached hydrogen (secondary N) is 1. The Bertz CT molecular complexity index is 1320. The lowest BCUT2D eigenvalue weighted by Gasteiger charge is -2.16. The largest absolute Gasteiger partial charge is 0.497 e. The molecule has 0 fully saturated rings. The number of hydrogen-bond acceptors (Lipinski definition) is 6. The number of benzene rings is 1.